The number of hydrogen-bond donors (Lipinski definition) is 4. The van der Waals surface area contributed by atoms with Crippen LogP contribution in [-0.4, -0.2) is 29.4 Å². The summed E-state index contributed by atoms with van der Waals surface area (Å²) in [5.41, 5.74) is 3.21. The van der Waals surface area contributed by atoms with Crippen LogP contribution in [0.15, 0.2) is 18.2 Å². The van der Waals surface area contributed by atoms with E-state index in [1.54, 1.807) is 0 Å². The first kappa shape index (κ1) is 17.0. The molecule has 1 aliphatic rings. The molecule has 0 aromatic heterocycles. The highest BCUT2D eigenvalue weighted by atomic mass is 16.4. The van der Waals surface area contributed by atoms with Crippen molar-refractivity contribution in [1.82, 2.24) is 10.6 Å². The van der Waals surface area contributed by atoms with Gasteiger partial charge in [0.25, 0.3) is 0 Å². The number of nitrogens with one attached hydrogen (secondary N) is 3. The van der Waals surface area contributed by atoms with Crippen LogP contribution in [0.1, 0.15) is 36.8 Å². The molecule has 7 heteroatoms. The molecule has 1 aromatic carbocycles. The number of carboxylic acid groups (broad SMARTS) is 1. The Labute approximate surface area is 134 Å². The van der Waals surface area contributed by atoms with Gasteiger partial charge in [-0.2, -0.15) is 0 Å². The van der Waals surface area contributed by atoms with Crippen LogP contribution in [0, 0.1) is 0 Å². The molecule has 124 valence electrons. The number of carbonyl (C=O) groups is 3. The van der Waals surface area contributed by atoms with Crippen LogP contribution in [0.3, 0.4) is 0 Å². The molecule has 0 atom stereocenters. The Kier molecular flexibility index (Phi) is 6.10. The maximum Gasteiger partial charge on any atom is 0.305 e. The molecule has 0 bridgehead atoms. The van der Waals surface area contributed by atoms with Crippen molar-refractivity contribution in [3.8, 4) is 0 Å². The van der Waals surface area contributed by atoms with Gasteiger partial charge in [0, 0.05) is 38.2 Å². The van der Waals surface area contributed by atoms with Gasteiger partial charge in [-0.3, -0.25) is 14.4 Å². The van der Waals surface area contributed by atoms with Crippen molar-refractivity contribution in [3.05, 3.63) is 29.3 Å². The van der Waals surface area contributed by atoms with Crippen LogP contribution in [0.25, 0.3) is 0 Å². The van der Waals surface area contributed by atoms with E-state index in [1.165, 1.54) is 11.1 Å². The zero-order valence-electron chi connectivity index (χ0n) is 12.9. The highest BCUT2D eigenvalue weighted by molar-refractivity contribution is 5.91. The Balaban J connectivity index is 1.65. The number of hydrogen-bond acceptors (Lipinski definition) is 4. The number of carboxylic acids is 1. The summed E-state index contributed by atoms with van der Waals surface area (Å²) in [7, 11) is 0. The maximum absolute atomic E-state index is 11.9. The fraction of sp³-hybridized carbons (Fsp3) is 0.438. The summed E-state index contributed by atoms with van der Waals surface area (Å²) in [6.45, 7) is 1.79. The number of aliphatic carboxylic acids is 1. The lowest BCUT2D eigenvalue weighted by Gasteiger charge is -2.07. The quantitative estimate of drug-likeness (QED) is 0.571. The molecule has 0 fully saturated rings. The van der Waals surface area contributed by atoms with E-state index < -0.39 is 5.97 Å². The van der Waals surface area contributed by atoms with Crippen molar-refractivity contribution >= 4 is 23.5 Å². The van der Waals surface area contributed by atoms with Gasteiger partial charge in [0.2, 0.25) is 11.8 Å². The first-order chi connectivity index (χ1) is 11.0. The third-order valence-corrected chi connectivity index (χ3v) is 3.59. The van der Waals surface area contributed by atoms with Gasteiger partial charge in [-0.1, -0.05) is 6.07 Å². The summed E-state index contributed by atoms with van der Waals surface area (Å²) in [6.07, 6.45) is 0.791. The van der Waals surface area contributed by atoms with Gasteiger partial charge in [0.1, 0.15) is 0 Å². The summed E-state index contributed by atoms with van der Waals surface area (Å²) in [6, 6.07) is 5.84. The monoisotopic (exact) mass is 319 g/mol. The molecule has 0 saturated heterocycles. The molecule has 4 N–H and O–H groups in total. The Hall–Kier alpha value is -2.41. The predicted molar refractivity (Wildman–Crippen MR) is 84.7 cm³/mol. The highest BCUT2D eigenvalue weighted by Crippen LogP contribution is 2.20. The van der Waals surface area contributed by atoms with E-state index in [0.717, 1.165) is 18.8 Å². The van der Waals surface area contributed by atoms with Crippen molar-refractivity contribution in [2.75, 3.05) is 11.9 Å². The number of benzene rings is 1. The Bertz CT molecular complexity index is 601. The van der Waals surface area contributed by atoms with Gasteiger partial charge in [0.05, 0.1) is 6.42 Å². The standard InChI is InChI=1S/C16H21N3O4/c20-14(18-7-6-16(22)23)2-1-3-15(21)19-13-5-4-11-9-17-10-12(11)8-13/h4-5,8,17H,1-3,6-7,9-10H2,(H,18,20)(H,19,21)(H,22,23). The van der Waals surface area contributed by atoms with Gasteiger partial charge in [-0.05, 0) is 29.7 Å². The third-order valence-electron chi connectivity index (χ3n) is 3.59. The van der Waals surface area contributed by atoms with Crippen LogP contribution in [0.5, 0.6) is 0 Å². The molecule has 0 radical (unpaired) electrons. The summed E-state index contributed by atoms with van der Waals surface area (Å²) < 4.78 is 0. The maximum atomic E-state index is 11.9. The van der Waals surface area contributed by atoms with Crippen LogP contribution in [0.2, 0.25) is 0 Å². The summed E-state index contributed by atoms with van der Waals surface area (Å²) in [5.74, 6) is -1.31. The number of amides is 2. The Morgan fingerprint density at radius 1 is 1.04 bits per heavy atom. The van der Waals surface area contributed by atoms with Crippen molar-refractivity contribution in [2.45, 2.75) is 38.8 Å². The summed E-state index contributed by atoms with van der Waals surface area (Å²) in [4.78, 5) is 33.6. The van der Waals surface area contributed by atoms with Crippen molar-refractivity contribution in [2.24, 2.45) is 0 Å². The largest absolute Gasteiger partial charge is 0.481 e. The molecule has 0 spiro atoms. The number of anilines is 1. The van der Waals surface area contributed by atoms with E-state index in [9.17, 15) is 14.4 Å². The Morgan fingerprint density at radius 2 is 1.78 bits per heavy atom. The second kappa shape index (κ2) is 8.28. The lowest BCUT2D eigenvalue weighted by Crippen LogP contribution is -2.26. The lowest BCUT2D eigenvalue weighted by atomic mass is 10.1. The van der Waals surface area contributed by atoms with E-state index in [-0.39, 0.29) is 37.6 Å². The van der Waals surface area contributed by atoms with E-state index in [4.69, 9.17) is 5.11 Å². The number of rotatable bonds is 8. The van der Waals surface area contributed by atoms with E-state index in [1.807, 2.05) is 18.2 Å². The van der Waals surface area contributed by atoms with Gasteiger partial charge in [-0.15, -0.1) is 0 Å². The average molecular weight is 319 g/mol. The van der Waals surface area contributed by atoms with Crippen molar-refractivity contribution in [1.29, 1.82) is 0 Å². The van der Waals surface area contributed by atoms with E-state index in [2.05, 4.69) is 16.0 Å². The highest BCUT2D eigenvalue weighted by Gasteiger charge is 2.11. The fourth-order valence-corrected chi connectivity index (χ4v) is 2.40. The second-order valence-corrected chi connectivity index (χ2v) is 5.48. The second-order valence-electron chi connectivity index (χ2n) is 5.48. The zero-order chi connectivity index (χ0) is 16.7. The molecule has 0 saturated carbocycles. The SMILES string of the molecule is O=C(O)CCNC(=O)CCCC(=O)Nc1ccc2c(c1)CNC2. The topological polar surface area (TPSA) is 108 Å². The third kappa shape index (κ3) is 5.71. The fourth-order valence-electron chi connectivity index (χ4n) is 2.40. The van der Waals surface area contributed by atoms with Gasteiger partial charge >= 0.3 is 5.97 Å². The zero-order valence-corrected chi connectivity index (χ0v) is 12.9. The molecule has 1 aliphatic heterocycles. The number of fused-ring (bicyclic) bond motifs is 1. The van der Waals surface area contributed by atoms with Crippen molar-refractivity contribution < 1.29 is 19.5 Å². The molecule has 0 aliphatic carbocycles. The smallest absolute Gasteiger partial charge is 0.305 e. The van der Waals surface area contributed by atoms with Crippen LogP contribution >= 0.6 is 0 Å². The average Bonchev–Trinajstić information content (AvgIpc) is 2.94. The normalized spacial score (nSPS) is 12.5. The van der Waals surface area contributed by atoms with Gasteiger partial charge in [0.15, 0.2) is 0 Å². The molecular formula is C16H21N3O4. The molecular weight excluding hydrogens is 298 g/mol. The summed E-state index contributed by atoms with van der Waals surface area (Å²) in [5, 5.41) is 17.0. The molecule has 1 aromatic rings. The predicted octanol–water partition coefficient (Wildman–Crippen LogP) is 0.989. The minimum atomic E-state index is -0.950. The van der Waals surface area contributed by atoms with E-state index in [0.29, 0.717) is 6.42 Å². The first-order valence-corrected chi connectivity index (χ1v) is 7.65. The van der Waals surface area contributed by atoms with Crippen molar-refractivity contribution in [3.63, 3.8) is 0 Å². The van der Waals surface area contributed by atoms with E-state index >= 15 is 0 Å². The molecule has 2 amide bonds. The Morgan fingerprint density at radius 3 is 2.57 bits per heavy atom. The minimum Gasteiger partial charge on any atom is -0.481 e. The first-order valence-electron chi connectivity index (χ1n) is 7.65. The van der Waals surface area contributed by atoms with Crippen LogP contribution in [-0.2, 0) is 27.5 Å². The van der Waals surface area contributed by atoms with Gasteiger partial charge < -0.3 is 21.1 Å². The van der Waals surface area contributed by atoms with Gasteiger partial charge in [-0.25, -0.2) is 0 Å². The molecule has 2 rings (SSSR count). The molecule has 1 heterocycles. The van der Waals surface area contributed by atoms with Crippen LogP contribution < -0.4 is 16.0 Å². The molecule has 7 nitrogen and oxygen atoms in total. The summed E-state index contributed by atoms with van der Waals surface area (Å²) >= 11 is 0. The molecule has 0 unspecified atom stereocenters. The van der Waals surface area contributed by atoms with Crippen LogP contribution in [0.4, 0.5) is 5.69 Å². The minimum absolute atomic E-state index is 0.0978. The molecule has 23 heavy (non-hydrogen) atoms. The number of carbonyl (C=O) groups excluding carboxylic acids is 2. The lowest BCUT2D eigenvalue weighted by molar-refractivity contribution is -0.136.